The Labute approximate surface area is 117 Å². The highest BCUT2D eigenvalue weighted by Crippen LogP contribution is 2.45. The van der Waals surface area contributed by atoms with Gasteiger partial charge < -0.3 is 11.1 Å². The molecule has 100 valence electrons. The van der Waals surface area contributed by atoms with E-state index in [-0.39, 0.29) is 5.78 Å². The Kier molecular flexibility index (Phi) is 4.22. The Morgan fingerprint density at radius 2 is 2.33 bits per heavy atom. The van der Waals surface area contributed by atoms with Gasteiger partial charge in [-0.05, 0) is 25.0 Å². The topological polar surface area (TPSA) is 55.1 Å². The molecule has 1 aliphatic rings. The van der Waals surface area contributed by atoms with Crippen LogP contribution in [0.25, 0.3) is 0 Å². The van der Waals surface area contributed by atoms with Crippen LogP contribution in [0.4, 0.5) is 10.7 Å². The quantitative estimate of drug-likeness (QED) is 0.615. The van der Waals surface area contributed by atoms with Crippen molar-refractivity contribution in [2.75, 3.05) is 17.3 Å². The second-order valence-electron chi connectivity index (χ2n) is 4.80. The third kappa shape index (κ3) is 2.67. The maximum absolute atomic E-state index is 11.5. The van der Waals surface area contributed by atoms with Gasteiger partial charge in [-0.3, -0.25) is 4.79 Å². The molecule has 1 fully saturated rings. The smallest absolute Gasteiger partial charge is 0.171 e. The van der Waals surface area contributed by atoms with E-state index < -0.39 is 0 Å². The third-order valence-corrected chi connectivity index (χ3v) is 5.52. The molecule has 0 aromatic carbocycles. The summed E-state index contributed by atoms with van der Waals surface area (Å²) in [5.41, 5.74) is 6.68. The Balaban J connectivity index is 2.13. The highest BCUT2D eigenvalue weighted by atomic mass is 32.2. The summed E-state index contributed by atoms with van der Waals surface area (Å²) in [7, 11) is 0. The molecule has 0 aliphatic heterocycles. The van der Waals surface area contributed by atoms with Crippen molar-refractivity contribution >= 4 is 39.6 Å². The van der Waals surface area contributed by atoms with Crippen LogP contribution < -0.4 is 11.1 Å². The Hall–Kier alpha value is -0.680. The summed E-state index contributed by atoms with van der Waals surface area (Å²) < 4.78 is 0. The molecule has 18 heavy (non-hydrogen) atoms. The predicted octanol–water partition coefficient (Wildman–Crippen LogP) is 3.86. The van der Waals surface area contributed by atoms with Crippen molar-refractivity contribution in [3.63, 3.8) is 0 Å². The molecule has 2 unspecified atom stereocenters. The van der Waals surface area contributed by atoms with E-state index in [0.29, 0.717) is 16.6 Å². The van der Waals surface area contributed by atoms with Crippen molar-refractivity contribution in [3.8, 4) is 0 Å². The monoisotopic (exact) mass is 284 g/mol. The van der Waals surface area contributed by atoms with Gasteiger partial charge in [0.05, 0.1) is 15.5 Å². The fraction of sp³-hybridized carbons (Fsp3) is 0.615. The first-order valence-electron chi connectivity index (χ1n) is 6.32. The minimum Gasteiger partial charge on any atom is -0.396 e. The zero-order chi connectivity index (χ0) is 13.3. The van der Waals surface area contributed by atoms with Gasteiger partial charge in [0.25, 0.3) is 0 Å². The van der Waals surface area contributed by atoms with E-state index in [9.17, 15) is 4.79 Å². The third-order valence-electron chi connectivity index (χ3n) is 3.32. The van der Waals surface area contributed by atoms with Crippen molar-refractivity contribution in [1.29, 1.82) is 0 Å². The molecule has 2 rings (SSSR count). The number of hydrogen-bond donors (Lipinski definition) is 2. The maximum Gasteiger partial charge on any atom is 0.171 e. The van der Waals surface area contributed by atoms with Crippen LogP contribution in [0.15, 0.2) is 4.90 Å². The van der Waals surface area contributed by atoms with Crippen molar-refractivity contribution in [2.24, 2.45) is 5.92 Å². The number of Topliss-reactive ketones (excluding diaryl/α,β-unsaturated/α-hetero) is 1. The SMILES string of the molecule is CCCC1CC1Nc1sc(C(C)=O)c(N)c1SC. The van der Waals surface area contributed by atoms with E-state index in [4.69, 9.17) is 5.73 Å². The van der Waals surface area contributed by atoms with E-state index in [1.54, 1.807) is 18.7 Å². The van der Waals surface area contributed by atoms with Crippen LogP contribution in [-0.4, -0.2) is 18.1 Å². The Bertz CT molecular complexity index is 456. The fourth-order valence-electron chi connectivity index (χ4n) is 2.27. The van der Waals surface area contributed by atoms with E-state index in [2.05, 4.69) is 12.2 Å². The van der Waals surface area contributed by atoms with Crippen LogP contribution in [0.5, 0.6) is 0 Å². The molecule has 0 spiro atoms. The van der Waals surface area contributed by atoms with Gasteiger partial charge in [0.2, 0.25) is 0 Å². The van der Waals surface area contributed by atoms with E-state index in [0.717, 1.165) is 15.8 Å². The number of carbonyl (C=O) groups is 1. The zero-order valence-corrected chi connectivity index (χ0v) is 12.7. The molecule has 2 atom stereocenters. The molecule has 1 aromatic rings. The van der Waals surface area contributed by atoms with Gasteiger partial charge in [-0.1, -0.05) is 13.3 Å². The van der Waals surface area contributed by atoms with E-state index in [1.807, 2.05) is 6.26 Å². The summed E-state index contributed by atoms with van der Waals surface area (Å²) >= 11 is 3.12. The number of nitrogens with one attached hydrogen (secondary N) is 1. The van der Waals surface area contributed by atoms with Crippen LogP contribution in [0.2, 0.25) is 0 Å². The molecule has 0 saturated heterocycles. The lowest BCUT2D eigenvalue weighted by molar-refractivity contribution is 0.102. The molecular weight excluding hydrogens is 264 g/mol. The number of thiophene rings is 1. The van der Waals surface area contributed by atoms with E-state index >= 15 is 0 Å². The van der Waals surface area contributed by atoms with Crippen LogP contribution in [0, 0.1) is 5.92 Å². The number of nitrogens with two attached hydrogens (primary N) is 1. The average molecular weight is 284 g/mol. The predicted molar refractivity (Wildman–Crippen MR) is 80.9 cm³/mol. The second-order valence-corrected chi connectivity index (χ2v) is 6.64. The molecule has 1 aromatic heterocycles. The van der Waals surface area contributed by atoms with Gasteiger partial charge >= 0.3 is 0 Å². The zero-order valence-electron chi connectivity index (χ0n) is 11.1. The largest absolute Gasteiger partial charge is 0.396 e. The first-order chi connectivity index (χ1) is 8.58. The summed E-state index contributed by atoms with van der Waals surface area (Å²) in [4.78, 5) is 13.2. The molecule has 3 nitrogen and oxygen atoms in total. The van der Waals surface area contributed by atoms with Crippen molar-refractivity contribution in [3.05, 3.63) is 4.88 Å². The number of anilines is 2. The van der Waals surface area contributed by atoms with Crippen LogP contribution in [0.3, 0.4) is 0 Å². The van der Waals surface area contributed by atoms with Crippen molar-refractivity contribution in [2.45, 2.75) is 44.0 Å². The standard InChI is InChI=1S/C13H20N2OS2/c1-4-5-8-6-9(8)15-13-12(17-3)10(14)11(18-13)7(2)16/h8-9,15H,4-6,14H2,1-3H3. The Morgan fingerprint density at radius 3 is 2.89 bits per heavy atom. The molecule has 1 saturated carbocycles. The number of thioether (sulfide) groups is 1. The van der Waals surface area contributed by atoms with Gasteiger partial charge in [-0.15, -0.1) is 23.1 Å². The molecule has 1 aliphatic carbocycles. The molecular formula is C13H20N2OS2. The summed E-state index contributed by atoms with van der Waals surface area (Å²) in [6.07, 6.45) is 5.77. The first kappa shape index (κ1) is 13.7. The lowest BCUT2D eigenvalue weighted by atomic mass is 10.2. The first-order valence-corrected chi connectivity index (χ1v) is 8.36. The minimum absolute atomic E-state index is 0.0572. The molecule has 0 bridgehead atoms. The highest BCUT2D eigenvalue weighted by Gasteiger charge is 2.37. The number of carbonyl (C=O) groups excluding carboxylic acids is 1. The van der Waals surface area contributed by atoms with Crippen LogP contribution >= 0.6 is 23.1 Å². The van der Waals surface area contributed by atoms with Gasteiger partial charge in [-0.25, -0.2) is 0 Å². The summed E-state index contributed by atoms with van der Waals surface area (Å²) in [6.45, 7) is 3.80. The lowest BCUT2D eigenvalue weighted by Crippen LogP contribution is -2.03. The summed E-state index contributed by atoms with van der Waals surface area (Å²) in [6, 6.07) is 0.578. The lowest BCUT2D eigenvalue weighted by Gasteiger charge is -2.05. The maximum atomic E-state index is 11.5. The van der Waals surface area contributed by atoms with E-state index in [1.165, 1.54) is 30.6 Å². The average Bonchev–Trinajstić information content (AvgIpc) is 2.95. The van der Waals surface area contributed by atoms with Crippen LogP contribution in [-0.2, 0) is 0 Å². The minimum atomic E-state index is 0.0572. The highest BCUT2D eigenvalue weighted by molar-refractivity contribution is 7.99. The Morgan fingerprint density at radius 1 is 1.61 bits per heavy atom. The number of hydrogen-bond acceptors (Lipinski definition) is 5. The normalized spacial score (nSPS) is 21.9. The molecule has 0 radical (unpaired) electrons. The number of nitrogen functional groups attached to an aromatic ring is 1. The van der Waals surface area contributed by atoms with Crippen molar-refractivity contribution < 1.29 is 4.79 Å². The summed E-state index contributed by atoms with van der Waals surface area (Å²) in [5, 5.41) is 4.63. The van der Waals surface area contributed by atoms with Gasteiger partial charge in [-0.2, -0.15) is 0 Å². The second kappa shape index (κ2) is 5.53. The van der Waals surface area contributed by atoms with Gasteiger partial charge in [0.1, 0.15) is 5.00 Å². The fourth-order valence-corrected chi connectivity index (χ4v) is 4.25. The molecule has 3 N–H and O–H groups in total. The number of rotatable bonds is 6. The van der Waals surface area contributed by atoms with Crippen LogP contribution in [0.1, 0.15) is 42.8 Å². The van der Waals surface area contributed by atoms with Gasteiger partial charge in [0.15, 0.2) is 5.78 Å². The summed E-state index contributed by atoms with van der Waals surface area (Å²) in [5.74, 6) is 0.857. The molecule has 0 amide bonds. The van der Waals surface area contributed by atoms with Gasteiger partial charge in [0, 0.05) is 13.0 Å². The van der Waals surface area contributed by atoms with Crippen molar-refractivity contribution in [1.82, 2.24) is 0 Å². The number of ketones is 1. The molecule has 5 heteroatoms. The molecule has 1 heterocycles.